The molecule has 0 amide bonds. The van der Waals surface area contributed by atoms with Crippen LogP contribution in [0.5, 0.6) is 0 Å². The topological polar surface area (TPSA) is 20.2 Å². The molecule has 1 fully saturated rings. The van der Waals surface area contributed by atoms with Crippen molar-refractivity contribution in [3.05, 3.63) is 12.2 Å². The Kier molecular flexibility index (Phi) is 1.62. The Hall–Kier alpha value is -0.650. The molecule has 80 valence electrons. The highest BCUT2D eigenvalue weighted by Gasteiger charge is 2.79. The molecule has 2 aliphatic rings. The Morgan fingerprint density at radius 1 is 1.14 bits per heavy atom. The highest BCUT2D eigenvalue weighted by Crippen LogP contribution is 2.62. The first-order valence-corrected chi connectivity index (χ1v) is 4.06. The maximum Gasteiger partial charge on any atom is 0.394 e. The molecular formula is C8H7F5O. The number of fused-ring (bicyclic) bond motifs is 2. The van der Waals surface area contributed by atoms with Gasteiger partial charge in [0, 0.05) is 11.8 Å². The van der Waals surface area contributed by atoms with Crippen LogP contribution in [0.15, 0.2) is 12.2 Å². The third-order valence-electron chi connectivity index (χ3n) is 2.98. The lowest BCUT2D eigenvalue weighted by Crippen LogP contribution is -2.59. The summed E-state index contributed by atoms with van der Waals surface area (Å²) in [6, 6.07) is 0. The zero-order chi connectivity index (χ0) is 10.8. The third kappa shape index (κ3) is 0.827. The van der Waals surface area contributed by atoms with Crippen molar-refractivity contribution in [3.8, 4) is 0 Å². The number of allylic oxidation sites excluding steroid dienone is 2. The predicted molar refractivity (Wildman–Crippen MR) is 36.7 cm³/mol. The van der Waals surface area contributed by atoms with E-state index in [1.165, 1.54) is 0 Å². The smallest absolute Gasteiger partial charge is 0.334 e. The molecule has 0 heterocycles. The fraction of sp³-hybridized carbons (Fsp3) is 0.750. The van der Waals surface area contributed by atoms with Crippen LogP contribution in [0.3, 0.4) is 0 Å². The molecule has 0 aromatic rings. The van der Waals surface area contributed by atoms with Gasteiger partial charge in [-0.2, -0.15) is 8.78 Å². The molecule has 3 unspecified atom stereocenters. The van der Waals surface area contributed by atoms with Gasteiger partial charge in [-0.3, -0.25) is 0 Å². The van der Waals surface area contributed by atoms with Crippen LogP contribution < -0.4 is 0 Å². The molecule has 0 saturated heterocycles. The van der Waals surface area contributed by atoms with Gasteiger partial charge in [0.1, 0.15) is 0 Å². The Balaban J connectivity index is 2.50. The molecule has 14 heavy (non-hydrogen) atoms. The minimum absolute atomic E-state index is 0.375. The summed E-state index contributed by atoms with van der Waals surface area (Å²) in [5.41, 5.74) is -4.15. The van der Waals surface area contributed by atoms with Gasteiger partial charge in [0.05, 0.1) is 0 Å². The molecule has 1 nitrogen and oxygen atoms in total. The Bertz CT molecular complexity index is 295. The fourth-order valence-electron chi connectivity index (χ4n) is 2.20. The minimum Gasteiger partial charge on any atom is -0.334 e. The zero-order valence-corrected chi connectivity index (χ0v) is 6.85. The van der Waals surface area contributed by atoms with Gasteiger partial charge in [0.25, 0.3) is 11.6 Å². The number of aliphatic hydroxyl groups is 1. The van der Waals surface area contributed by atoms with Crippen molar-refractivity contribution >= 4 is 0 Å². The van der Waals surface area contributed by atoms with Crippen LogP contribution in [-0.2, 0) is 0 Å². The molecule has 1 N–H and O–H groups in total. The normalized spacial score (nSPS) is 44.7. The molecule has 3 atom stereocenters. The third-order valence-corrected chi connectivity index (χ3v) is 2.98. The van der Waals surface area contributed by atoms with Crippen molar-refractivity contribution in [2.24, 2.45) is 11.8 Å². The molecule has 6 heteroatoms. The number of hydrogen-bond donors (Lipinski definition) is 1. The highest BCUT2D eigenvalue weighted by atomic mass is 19.3. The van der Waals surface area contributed by atoms with Crippen LogP contribution in [0.25, 0.3) is 0 Å². The van der Waals surface area contributed by atoms with E-state index in [0.29, 0.717) is 0 Å². The molecule has 0 aliphatic heterocycles. The summed E-state index contributed by atoms with van der Waals surface area (Å²) in [5, 5.41) is 8.21. The van der Waals surface area contributed by atoms with Crippen molar-refractivity contribution < 1.29 is 27.1 Å². The van der Waals surface area contributed by atoms with Crippen LogP contribution in [0.2, 0.25) is 0 Å². The molecule has 0 spiro atoms. The summed E-state index contributed by atoms with van der Waals surface area (Å²) in [5.74, 6) is -7.34. The van der Waals surface area contributed by atoms with Gasteiger partial charge >= 0.3 is 6.11 Å². The van der Waals surface area contributed by atoms with Crippen LogP contribution in [0.1, 0.15) is 6.42 Å². The Morgan fingerprint density at radius 3 is 1.93 bits per heavy atom. The summed E-state index contributed by atoms with van der Waals surface area (Å²) in [6.07, 6.45) is -3.39. The summed E-state index contributed by atoms with van der Waals surface area (Å²) < 4.78 is 64.6. The van der Waals surface area contributed by atoms with Gasteiger partial charge in [-0.1, -0.05) is 12.2 Å². The largest absolute Gasteiger partial charge is 0.394 e. The van der Waals surface area contributed by atoms with E-state index in [2.05, 4.69) is 0 Å². The molecule has 2 bridgehead atoms. The van der Waals surface area contributed by atoms with E-state index in [9.17, 15) is 22.0 Å². The van der Waals surface area contributed by atoms with E-state index >= 15 is 0 Å². The van der Waals surface area contributed by atoms with Crippen molar-refractivity contribution in [2.45, 2.75) is 24.1 Å². The average molecular weight is 214 g/mol. The van der Waals surface area contributed by atoms with E-state index in [4.69, 9.17) is 5.11 Å². The lowest BCUT2D eigenvalue weighted by atomic mass is 9.85. The monoisotopic (exact) mass is 214 g/mol. The van der Waals surface area contributed by atoms with Crippen molar-refractivity contribution in [1.29, 1.82) is 0 Å². The first-order valence-electron chi connectivity index (χ1n) is 4.06. The van der Waals surface area contributed by atoms with Crippen molar-refractivity contribution in [1.82, 2.24) is 0 Å². The molecule has 2 aliphatic carbocycles. The Labute approximate surface area is 76.2 Å². The quantitative estimate of drug-likeness (QED) is 0.523. The molecule has 0 radical (unpaired) electrons. The van der Waals surface area contributed by atoms with Gasteiger partial charge in [-0.25, -0.2) is 13.2 Å². The first-order chi connectivity index (χ1) is 6.21. The number of hydrogen-bond acceptors (Lipinski definition) is 1. The molecule has 0 aromatic heterocycles. The maximum atomic E-state index is 13.5. The zero-order valence-electron chi connectivity index (χ0n) is 6.85. The summed E-state index contributed by atoms with van der Waals surface area (Å²) in [6.45, 7) is 0. The second-order valence-electron chi connectivity index (χ2n) is 3.71. The number of rotatable bonds is 1. The summed E-state index contributed by atoms with van der Waals surface area (Å²) in [7, 11) is 0. The average Bonchev–Trinajstić information content (AvgIpc) is 2.52. The first kappa shape index (κ1) is 9.89. The lowest BCUT2D eigenvalue weighted by molar-refractivity contribution is -0.340. The van der Waals surface area contributed by atoms with E-state index < -0.39 is 29.5 Å². The van der Waals surface area contributed by atoms with Crippen LogP contribution in [0.4, 0.5) is 22.0 Å². The maximum absolute atomic E-state index is 13.5. The van der Waals surface area contributed by atoms with Gasteiger partial charge in [0.2, 0.25) is 0 Å². The second kappa shape index (κ2) is 2.29. The van der Waals surface area contributed by atoms with Gasteiger partial charge in [0.15, 0.2) is 0 Å². The standard InChI is InChI=1S/C8H7F5O/c9-6(8(12,13)14)4-1-2-5(3-4)7(6,10)11/h1-2,4-5,14H,3H2. The van der Waals surface area contributed by atoms with Crippen molar-refractivity contribution in [2.75, 3.05) is 0 Å². The minimum atomic E-state index is -5.01. The molecule has 1 saturated carbocycles. The Morgan fingerprint density at radius 2 is 1.64 bits per heavy atom. The molecular weight excluding hydrogens is 207 g/mol. The second-order valence-corrected chi connectivity index (χ2v) is 3.71. The lowest BCUT2D eigenvalue weighted by Gasteiger charge is -2.36. The summed E-state index contributed by atoms with van der Waals surface area (Å²) >= 11 is 0. The van der Waals surface area contributed by atoms with Gasteiger partial charge < -0.3 is 5.11 Å². The molecule has 0 aromatic carbocycles. The molecule has 2 rings (SSSR count). The van der Waals surface area contributed by atoms with E-state index in [-0.39, 0.29) is 6.42 Å². The van der Waals surface area contributed by atoms with Gasteiger partial charge in [-0.15, -0.1) is 0 Å². The number of alkyl halides is 5. The van der Waals surface area contributed by atoms with E-state index in [1.807, 2.05) is 0 Å². The van der Waals surface area contributed by atoms with Crippen LogP contribution >= 0.6 is 0 Å². The van der Waals surface area contributed by atoms with Crippen LogP contribution in [0, 0.1) is 11.8 Å². The van der Waals surface area contributed by atoms with E-state index in [1.54, 1.807) is 0 Å². The highest BCUT2D eigenvalue weighted by molar-refractivity contribution is 5.26. The van der Waals surface area contributed by atoms with E-state index in [0.717, 1.165) is 12.2 Å². The van der Waals surface area contributed by atoms with Gasteiger partial charge in [-0.05, 0) is 6.42 Å². The fourth-order valence-corrected chi connectivity index (χ4v) is 2.20. The summed E-state index contributed by atoms with van der Waals surface area (Å²) in [4.78, 5) is 0. The number of halogens is 5. The predicted octanol–water partition coefficient (Wildman–Crippen LogP) is 2.12. The van der Waals surface area contributed by atoms with Crippen molar-refractivity contribution in [3.63, 3.8) is 0 Å². The van der Waals surface area contributed by atoms with Crippen LogP contribution in [-0.4, -0.2) is 22.8 Å². The SMILES string of the molecule is OC(F)(F)C1(F)C2C=CC(C2)C1(F)F.